The molecule has 0 aromatic rings. The van der Waals surface area contributed by atoms with Crippen LogP contribution in [-0.4, -0.2) is 38.8 Å². The smallest absolute Gasteiger partial charge is 0.0878 e. The summed E-state index contributed by atoms with van der Waals surface area (Å²) < 4.78 is 5.95. The van der Waals surface area contributed by atoms with E-state index in [1.165, 1.54) is 6.26 Å². The molecule has 0 spiro atoms. The average molecular weight is 157 g/mol. The van der Waals surface area contributed by atoms with Gasteiger partial charge in [0, 0.05) is 6.42 Å². The van der Waals surface area contributed by atoms with E-state index >= 15 is 0 Å². The summed E-state index contributed by atoms with van der Waals surface area (Å²) in [7, 11) is 6.51. The first-order valence-electron chi connectivity index (χ1n) is 3.91. The van der Waals surface area contributed by atoms with Gasteiger partial charge in [-0.1, -0.05) is 6.58 Å². The number of rotatable bonds is 6. The van der Waals surface area contributed by atoms with Gasteiger partial charge in [0.2, 0.25) is 0 Å². The van der Waals surface area contributed by atoms with E-state index in [0.717, 1.165) is 24.1 Å². The number of hydrogen-bond donors (Lipinski definition) is 0. The molecule has 0 saturated heterocycles. The zero-order chi connectivity index (χ0) is 8.74. The lowest BCUT2D eigenvalue weighted by Crippen LogP contribution is -2.35. The van der Waals surface area contributed by atoms with E-state index in [-0.39, 0.29) is 0 Å². The highest BCUT2D eigenvalue weighted by molar-refractivity contribution is 4.63. The maximum atomic E-state index is 4.97. The van der Waals surface area contributed by atoms with Crippen molar-refractivity contribution in [1.29, 1.82) is 0 Å². The van der Waals surface area contributed by atoms with Crippen LogP contribution in [0.15, 0.2) is 12.8 Å². The molecule has 2 nitrogen and oxygen atoms in total. The molecule has 0 aliphatic heterocycles. The third-order valence-electron chi connectivity index (χ3n) is 1.23. The molecule has 65 valence electrons. The standard InChI is InChI=1S/C9H19NO/c1-5-11-9-7-6-8-10(2,3)4/h5-6H,1,7-9H2,2-4H3/q+1. The molecular weight excluding hydrogens is 138 g/mol. The van der Waals surface area contributed by atoms with Crippen LogP contribution in [0, 0.1) is 6.42 Å². The predicted molar refractivity (Wildman–Crippen MR) is 48.0 cm³/mol. The van der Waals surface area contributed by atoms with E-state index in [1.54, 1.807) is 0 Å². The fraction of sp³-hybridized carbons (Fsp3) is 0.667. The van der Waals surface area contributed by atoms with Gasteiger partial charge in [-0.15, -0.1) is 0 Å². The molecule has 0 atom stereocenters. The van der Waals surface area contributed by atoms with Crippen LogP contribution in [0.1, 0.15) is 6.42 Å². The molecule has 0 rings (SSSR count). The maximum absolute atomic E-state index is 4.97. The highest BCUT2D eigenvalue weighted by Crippen LogP contribution is 1.96. The van der Waals surface area contributed by atoms with Crippen molar-refractivity contribution in [3.63, 3.8) is 0 Å². The Morgan fingerprint density at radius 1 is 1.36 bits per heavy atom. The van der Waals surface area contributed by atoms with Crippen molar-refractivity contribution in [3.8, 4) is 0 Å². The average Bonchev–Trinajstić information content (AvgIpc) is 1.85. The molecule has 0 unspecified atom stereocenters. The van der Waals surface area contributed by atoms with Crippen LogP contribution in [0.3, 0.4) is 0 Å². The molecular formula is C9H19NO+. The minimum absolute atomic E-state index is 0.753. The Morgan fingerprint density at radius 3 is 2.45 bits per heavy atom. The van der Waals surface area contributed by atoms with Crippen LogP contribution in [0.2, 0.25) is 0 Å². The fourth-order valence-electron chi connectivity index (χ4n) is 0.713. The Hall–Kier alpha value is -0.500. The lowest BCUT2D eigenvalue weighted by molar-refractivity contribution is -0.866. The van der Waals surface area contributed by atoms with Crippen molar-refractivity contribution in [1.82, 2.24) is 0 Å². The molecule has 0 N–H and O–H groups in total. The molecule has 11 heavy (non-hydrogen) atoms. The predicted octanol–water partition coefficient (Wildman–Crippen LogP) is 1.45. The van der Waals surface area contributed by atoms with Crippen molar-refractivity contribution in [2.24, 2.45) is 0 Å². The van der Waals surface area contributed by atoms with Crippen LogP contribution in [0.5, 0.6) is 0 Å². The highest BCUT2D eigenvalue weighted by atomic mass is 16.5. The molecule has 0 bridgehead atoms. The summed E-state index contributed by atoms with van der Waals surface area (Å²) in [5.74, 6) is 0. The molecule has 0 aliphatic carbocycles. The first-order chi connectivity index (χ1) is 5.06. The molecule has 0 saturated carbocycles. The SMILES string of the molecule is C=COCC[CH]C[N+](C)(C)C. The largest absolute Gasteiger partial charge is 0.502 e. The number of unbranched alkanes of at least 4 members (excludes halogenated alkanes) is 1. The minimum atomic E-state index is 0.753. The second-order valence-electron chi connectivity index (χ2n) is 3.59. The van der Waals surface area contributed by atoms with E-state index in [2.05, 4.69) is 34.1 Å². The normalized spacial score (nSPS) is 11.2. The molecule has 0 aromatic carbocycles. The van der Waals surface area contributed by atoms with E-state index < -0.39 is 0 Å². The molecule has 0 amide bonds. The van der Waals surface area contributed by atoms with Gasteiger partial charge in [-0.3, -0.25) is 0 Å². The molecule has 1 radical (unpaired) electrons. The van der Waals surface area contributed by atoms with Crippen molar-refractivity contribution >= 4 is 0 Å². The molecule has 0 fully saturated rings. The van der Waals surface area contributed by atoms with Crippen LogP contribution in [0.25, 0.3) is 0 Å². The summed E-state index contributed by atoms with van der Waals surface area (Å²) in [5.41, 5.74) is 0. The van der Waals surface area contributed by atoms with E-state index in [9.17, 15) is 0 Å². The summed E-state index contributed by atoms with van der Waals surface area (Å²) in [6.45, 7) is 5.30. The molecule has 0 aromatic heterocycles. The Bertz CT molecular complexity index is 105. The maximum Gasteiger partial charge on any atom is 0.0878 e. The van der Waals surface area contributed by atoms with Crippen LogP contribution in [0.4, 0.5) is 0 Å². The van der Waals surface area contributed by atoms with Crippen molar-refractivity contribution in [2.45, 2.75) is 6.42 Å². The lowest BCUT2D eigenvalue weighted by Gasteiger charge is -2.23. The monoisotopic (exact) mass is 157 g/mol. The summed E-state index contributed by atoms with van der Waals surface area (Å²) in [6, 6.07) is 0. The van der Waals surface area contributed by atoms with E-state index in [4.69, 9.17) is 4.74 Å². The number of quaternary nitrogens is 1. The second kappa shape index (κ2) is 5.19. The third-order valence-corrected chi connectivity index (χ3v) is 1.23. The van der Waals surface area contributed by atoms with Gasteiger partial charge in [0.05, 0.1) is 40.6 Å². The third kappa shape index (κ3) is 9.50. The molecule has 0 heterocycles. The Balaban J connectivity index is 3.08. The summed E-state index contributed by atoms with van der Waals surface area (Å²) in [6.07, 6.45) is 4.73. The van der Waals surface area contributed by atoms with Gasteiger partial charge in [0.15, 0.2) is 0 Å². The van der Waals surface area contributed by atoms with Crippen LogP contribution >= 0.6 is 0 Å². The summed E-state index contributed by atoms with van der Waals surface area (Å²) in [5, 5.41) is 0. The minimum Gasteiger partial charge on any atom is -0.502 e. The zero-order valence-electron chi connectivity index (χ0n) is 7.84. The van der Waals surface area contributed by atoms with Gasteiger partial charge in [0.1, 0.15) is 0 Å². The van der Waals surface area contributed by atoms with Gasteiger partial charge in [0.25, 0.3) is 0 Å². The fourth-order valence-corrected chi connectivity index (χ4v) is 0.713. The topological polar surface area (TPSA) is 9.23 Å². The Morgan fingerprint density at radius 2 is 2.00 bits per heavy atom. The number of nitrogens with zero attached hydrogens (tertiary/aromatic N) is 1. The van der Waals surface area contributed by atoms with Crippen LogP contribution in [-0.2, 0) is 4.74 Å². The Labute approximate surface area is 70.1 Å². The van der Waals surface area contributed by atoms with Gasteiger partial charge >= 0.3 is 0 Å². The molecule has 0 aliphatic rings. The highest BCUT2D eigenvalue weighted by Gasteiger charge is 2.04. The van der Waals surface area contributed by atoms with Crippen LogP contribution < -0.4 is 0 Å². The summed E-state index contributed by atoms with van der Waals surface area (Å²) in [4.78, 5) is 0. The van der Waals surface area contributed by atoms with Gasteiger partial charge in [-0.25, -0.2) is 0 Å². The number of hydrogen-bond acceptors (Lipinski definition) is 1. The van der Waals surface area contributed by atoms with Gasteiger partial charge < -0.3 is 9.22 Å². The van der Waals surface area contributed by atoms with Gasteiger partial charge in [-0.05, 0) is 6.42 Å². The first kappa shape index (κ1) is 10.5. The summed E-state index contributed by atoms with van der Waals surface area (Å²) >= 11 is 0. The first-order valence-corrected chi connectivity index (χ1v) is 3.91. The van der Waals surface area contributed by atoms with E-state index in [1.807, 2.05) is 0 Å². The van der Waals surface area contributed by atoms with Gasteiger partial charge in [-0.2, -0.15) is 0 Å². The second-order valence-corrected chi connectivity index (χ2v) is 3.59. The number of ether oxygens (including phenoxy) is 1. The van der Waals surface area contributed by atoms with Crippen molar-refractivity contribution in [2.75, 3.05) is 34.3 Å². The zero-order valence-corrected chi connectivity index (χ0v) is 7.84. The van der Waals surface area contributed by atoms with Crippen molar-refractivity contribution in [3.05, 3.63) is 19.3 Å². The van der Waals surface area contributed by atoms with E-state index in [0.29, 0.717) is 0 Å². The Kier molecular flexibility index (Phi) is 4.95. The van der Waals surface area contributed by atoms with Crippen molar-refractivity contribution < 1.29 is 9.22 Å². The molecule has 2 heteroatoms. The lowest BCUT2D eigenvalue weighted by atomic mass is 10.3. The quantitative estimate of drug-likeness (QED) is 0.322.